The molecule has 0 saturated carbocycles. The molecule has 1 saturated heterocycles. The largest absolute Gasteiger partial charge is 0.507 e. The maximum atomic E-state index is 13.6. The van der Waals surface area contributed by atoms with Crippen LogP contribution < -0.4 is 24.0 Å². The number of rotatable bonds is 10. The molecule has 1 heterocycles. The minimum absolute atomic E-state index is 0.0236. The van der Waals surface area contributed by atoms with Gasteiger partial charge in [0.2, 0.25) is 0 Å². The zero-order valence-corrected chi connectivity index (χ0v) is 22.9. The Labute approximate surface area is 229 Å². The van der Waals surface area contributed by atoms with E-state index in [9.17, 15) is 14.7 Å². The van der Waals surface area contributed by atoms with Crippen molar-refractivity contribution in [1.29, 1.82) is 0 Å². The number of benzene rings is 3. The van der Waals surface area contributed by atoms with Gasteiger partial charge in [0.15, 0.2) is 0 Å². The molecule has 1 N–H and O–H groups in total. The number of aliphatic hydroxyl groups excluding tert-OH is 1. The van der Waals surface area contributed by atoms with Crippen molar-refractivity contribution in [2.75, 3.05) is 43.7 Å². The van der Waals surface area contributed by atoms with Crippen molar-refractivity contribution in [2.24, 2.45) is 0 Å². The lowest BCUT2D eigenvalue weighted by atomic mass is 9.94. The normalized spacial score (nSPS) is 16.3. The molecule has 1 unspecified atom stereocenters. The highest BCUT2D eigenvalue weighted by atomic mass is 16.5. The van der Waals surface area contributed by atoms with Gasteiger partial charge in [0.1, 0.15) is 23.0 Å². The van der Waals surface area contributed by atoms with E-state index < -0.39 is 17.7 Å². The molecule has 1 fully saturated rings. The molecule has 39 heavy (non-hydrogen) atoms. The van der Waals surface area contributed by atoms with Crippen LogP contribution in [0.15, 0.2) is 72.3 Å². The Morgan fingerprint density at radius 2 is 1.49 bits per heavy atom. The number of hydrogen-bond acceptors (Lipinski definition) is 7. The molecule has 0 radical (unpaired) electrons. The Hall–Kier alpha value is -4.46. The maximum absolute atomic E-state index is 13.6. The first-order valence-electron chi connectivity index (χ1n) is 13.0. The summed E-state index contributed by atoms with van der Waals surface area (Å²) in [6.07, 6.45) is 0. The number of aliphatic hydroxyl groups is 1. The lowest BCUT2D eigenvalue weighted by Crippen LogP contribution is -2.29. The average Bonchev–Trinajstić information content (AvgIpc) is 3.19. The van der Waals surface area contributed by atoms with Gasteiger partial charge in [0.05, 0.1) is 37.0 Å². The Morgan fingerprint density at radius 3 is 2.10 bits per heavy atom. The Bertz CT molecular complexity index is 1380. The number of hydrogen-bond donors (Lipinski definition) is 1. The quantitative estimate of drug-likeness (QED) is 0.208. The predicted octanol–water partition coefficient (Wildman–Crippen LogP) is 5.58. The summed E-state index contributed by atoms with van der Waals surface area (Å²) < 4.78 is 17.0. The minimum atomic E-state index is -0.876. The van der Waals surface area contributed by atoms with Crippen LogP contribution in [0.2, 0.25) is 0 Å². The van der Waals surface area contributed by atoms with Crippen molar-refractivity contribution < 1.29 is 28.9 Å². The molecule has 204 valence electrons. The molecule has 3 aromatic carbocycles. The second-order valence-electron chi connectivity index (χ2n) is 9.11. The smallest absolute Gasteiger partial charge is 0.300 e. The van der Waals surface area contributed by atoms with Crippen molar-refractivity contribution in [3.63, 3.8) is 0 Å². The summed E-state index contributed by atoms with van der Waals surface area (Å²) in [5.74, 6) is -0.342. The molecular weight excluding hydrogens is 496 g/mol. The number of amides is 1. The van der Waals surface area contributed by atoms with E-state index in [2.05, 4.69) is 0 Å². The third-order valence-corrected chi connectivity index (χ3v) is 6.40. The highest BCUT2D eigenvalue weighted by Crippen LogP contribution is 2.44. The summed E-state index contributed by atoms with van der Waals surface area (Å²) in [4.78, 5) is 30.5. The SMILES string of the molecule is CCOc1cccc(N2C(=O)C(=O)/C(=C(\O)c3ccc(OCC)cc3OCC)C2c2ccc(N(C)C)cc2)c1. The molecular formula is C31H34N2O6. The molecule has 4 rings (SSSR count). The van der Waals surface area contributed by atoms with Crippen molar-refractivity contribution >= 4 is 28.8 Å². The van der Waals surface area contributed by atoms with Crippen LogP contribution in [-0.4, -0.2) is 50.7 Å². The second-order valence-corrected chi connectivity index (χ2v) is 9.11. The number of anilines is 2. The Kier molecular flexibility index (Phi) is 8.44. The fourth-order valence-electron chi connectivity index (χ4n) is 4.63. The topological polar surface area (TPSA) is 88.5 Å². The maximum Gasteiger partial charge on any atom is 0.300 e. The minimum Gasteiger partial charge on any atom is -0.507 e. The first-order valence-corrected chi connectivity index (χ1v) is 13.0. The first kappa shape index (κ1) is 27.6. The van der Waals surface area contributed by atoms with Crippen LogP contribution in [0.3, 0.4) is 0 Å². The van der Waals surface area contributed by atoms with Crippen molar-refractivity contribution in [2.45, 2.75) is 26.8 Å². The number of ether oxygens (including phenoxy) is 3. The fourth-order valence-corrected chi connectivity index (χ4v) is 4.63. The van der Waals surface area contributed by atoms with Crippen LogP contribution in [0.4, 0.5) is 11.4 Å². The predicted molar refractivity (Wildman–Crippen MR) is 152 cm³/mol. The van der Waals surface area contributed by atoms with E-state index >= 15 is 0 Å². The van der Waals surface area contributed by atoms with E-state index in [1.165, 1.54) is 4.90 Å². The van der Waals surface area contributed by atoms with Gasteiger partial charge in [-0.1, -0.05) is 18.2 Å². The molecule has 0 aliphatic carbocycles. The van der Waals surface area contributed by atoms with Crippen molar-refractivity contribution in [3.05, 3.63) is 83.4 Å². The standard InChI is InChI=1S/C31H34N2O6/c1-6-37-23-11-9-10-22(18-23)33-28(20-12-14-21(15-13-20)32(4)5)27(30(35)31(33)36)29(34)25-17-16-24(38-7-2)19-26(25)39-8-3/h9-19,28,34H,6-8H2,1-5H3/b29-27-. The van der Waals surface area contributed by atoms with E-state index in [-0.39, 0.29) is 11.3 Å². The molecule has 8 nitrogen and oxygen atoms in total. The van der Waals surface area contributed by atoms with Crippen LogP contribution in [0.1, 0.15) is 37.9 Å². The van der Waals surface area contributed by atoms with E-state index in [1.54, 1.807) is 42.5 Å². The van der Waals surface area contributed by atoms with Gasteiger partial charge in [-0.3, -0.25) is 14.5 Å². The molecule has 8 heteroatoms. The second kappa shape index (κ2) is 11.9. The molecule has 3 aromatic rings. The van der Waals surface area contributed by atoms with Crippen LogP contribution >= 0.6 is 0 Å². The highest BCUT2D eigenvalue weighted by molar-refractivity contribution is 6.51. The van der Waals surface area contributed by atoms with Gasteiger partial charge in [0, 0.05) is 37.6 Å². The van der Waals surface area contributed by atoms with Gasteiger partial charge < -0.3 is 24.2 Å². The Morgan fingerprint density at radius 1 is 0.846 bits per heavy atom. The molecule has 1 amide bonds. The van der Waals surface area contributed by atoms with E-state index in [0.29, 0.717) is 53.9 Å². The van der Waals surface area contributed by atoms with Gasteiger partial charge in [-0.05, 0) is 62.7 Å². The summed E-state index contributed by atoms with van der Waals surface area (Å²) in [5.41, 5.74) is 2.40. The molecule has 0 aromatic heterocycles. The number of Topliss-reactive ketones (excluding diaryl/α,β-unsaturated/α-hetero) is 1. The highest BCUT2D eigenvalue weighted by Gasteiger charge is 2.47. The van der Waals surface area contributed by atoms with Crippen molar-refractivity contribution in [1.82, 2.24) is 0 Å². The molecule has 1 aliphatic heterocycles. The lowest BCUT2D eigenvalue weighted by Gasteiger charge is -2.26. The van der Waals surface area contributed by atoms with Gasteiger partial charge >= 0.3 is 0 Å². The summed E-state index contributed by atoms with van der Waals surface area (Å²) >= 11 is 0. The lowest BCUT2D eigenvalue weighted by molar-refractivity contribution is -0.132. The monoisotopic (exact) mass is 530 g/mol. The summed E-state index contributed by atoms with van der Waals surface area (Å²) in [6, 6.07) is 18.7. The zero-order chi connectivity index (χ0) is 28.1. The zero-order valence-electron chi connectivity index (χ0n) is 22.9. The van der Waals surface area contributed by atoms with Crippen molar-refractivity contribution in [3.8, 4) is 17.2 Å². The van der Waals surface area contributed by atoms with Crippen LogP contribution in [0.25, 0.3) is 5.76 Å². The van der Waals surface area contributed by atoms with Gasteiger partial charge in [-0.15, -0.1) is 0 Å². The van der Waals surface area contributed by atoms with Gasteiger partial charge in [-0.25, -0.2) is 0 Å². The summed E-state index contributed by atoms with van der Waals surface area (Å²) in [5, 5.41) is 11.6. The molecule has 0 spiro atoms. The third kappa shape index (κ3) is 5.55. The summed E-state index contributed by atoms with van der Waals surface area (Å²) in [6.45, 7) is 6.83. The van der Waals surface area contributed by atoms with E-state index in [4.69, 9.17) is 14.2 Å². The van der Waals surface area contributed by atoms with E-state index in [0.717, 1.165) is 5.69 Å². The number of carbonyl (C=O) groups is 2. The molecule has 1 aliphatic rings. The fraction of sp³-hybridized carbons (Fsp3) is 0.290. The average molecular weight is 531 g/mol. The first-order chi connectivity index (χ1) is 18.8. The van der Waals surface area contributed by atoms with Crippen LogP contribution in [0, 0.1) is 0 Å². The molecule has 0 bridgehead atoms. The van der Waals surface area contributed by atoms with E-state index in [1.807, 2.05) is 64.0 Å². The van der Waals surface area contributed by atoms with Gasteiger partial charge in [-0.2, -0.15) is 0 Å². The van der Waals surface area contributed by atoms with Gasteiger partial charge in [0.25, 0.3) is 11.7 Å². The Balaban J connectivity index is 1.93. The number of carbonyl (C=O) groups excluding carboxylic acids is 2. The molecule has 1 atom stereocenters. The van der Waals surface area contributed by atoms with Crippen LogP contribution in [-0.2, 0) is 9.59 Å². The number of nitrogens with zero attached hydrogens (tertiary/aromatic N) is 2. The number of ketones is 1. The third-order valence-electron chi connectivity index (χ3n) is 6.40. The summed E-state index contributed by atoms with van der Waals surface area (Å²) in [7, 11) is 3.86. The van der Waals surface area contributed by atoms with Crippen LogP contribution in [0.5, 0.6) is 17.2 Å².